The number of hydrogen-bond donors (Lipinski definition) is 0. The molecule has 0 fully saturated rings. The molecule has 3 aromatic rings. The van der Waals surface area contributed by atoms with E-state index in [2.05, 4.69) is 36.6 Å². The highest BCUT2D eigenvalue weighted by molar-refractivity contribution is 6.30. The van der Waals surface area contributed by atoms with E-state index in [1.54, 1.807) is 0 Å². The minimum absolute atomic E-state index is 0.620. The maximum atomic E-state index is 9.59. The molecule has 3 rings (SSSR count). The molecule has 0 N–H and O–H groups in total. The van der Waals surface area contributed by atoms with Gasteiger partial charge in [-0.2, -0.15) is 5.26 Å². The summed E-state index contributed by atoms with van der Waals surface area (Å²) in [7, 11) is 0. The van der Waals surface area contributed by atoms with Gasteiger partial charge in [-0.15, -0.1) is 0 Å². The first kappa shape index (κ1) is 15.4. The Morgan fingerprint density at radius 2 is 2.00 bits per heavy atom. The third kappa shape index (κ3) is 2.76. The molecule has 3 heteroatoms. The highest BCUT2D eigenvalue weighted by Gasteiger charge is 2.12. The Morgan fingerprint density at radius 1 is 1.22 bits per heavy atom. The summed E-state index contributed by atoms with van der Waals surface area (Å²) >= 11 is 6.06. The van der Waals surface area contributed by atoms with Crippen molar-refractivity contribution in [3.63, 3.8) is 0 Å². The van der Waals surface area contributed by atoms with E-state index < -0.39 is 0 Å². The Bertz CT molecular complexity index is 942. The highest BCUT2D eigenvalue weighted by Crippen LogP contribution is 2.30. The van der Waals surface area contributed by atoms with Crippen molar-refractivity contribution in [3.8, 4) is 6.07 Å². The molecule has 114 valence electrons. The fraction of sp³-hybridized carbons (Fsp3) is 0.150. The zero-order chi connectivity index (χ0) is 16.4. The minimum Gasteiger partial charge on any atom is -0.345 e. The van der Waals surface area contributed by atoms with Crippen molar-refractivity contribution in [3.05, 3.63) is 70.4 Å². The number of para-hydroxylation sites is 1. The molecule has 1 heterocycles. The molecule has 0 amide bonds. The molecule has 0 aliphatic heterocycles. The molecule has 0 aliphatic rings. The lowest BCUT2D eigenvalue weighted by atomic mass is 10.0. The van der Waals surface area contributed by atoms with Gasteiger partial charge in [0.2, 0.25) is 0 Å². The van der Waals surface area contributed by atoms with E-state index in [1.807, 2.05) is 42.5 Å². The van der Waals surface area contributed by atoms with Crippen molar-refractivity contribution >= 4 is 34.2 Å². The van der Waals surface area contributed by atoms with Crippen LogP contribution in [0.25, 0.3) is 22.6 Å². The van der Waals surface area contributed by atoms with Gasteiger partial charge >= 0.3 is 0 Å². The van der Waals surface area contributed by atoms with Crippen molar-refractivity contribution in [2.24, 2.45) is 0 Å². The number of halogens is 1. The summed E-state index contributed by atoms with van der Waals surface area (Å²) in [4.78, 5) is 0. The number of aryl methyl sites for hydroxylation is 1. The summed E-state index contributed by atoms with van der Waals surface area (Å²) in [6.45, 7) is 5.14. The van der Waals surface area contributed by atoms with Crippen molar-refractivity contribution in [1.29, 1.82) is 5.26 Å². The zero-order valence-corrected chi connectivity index (χ0v) is 13.9. The standard InChI is InChI=1S/C20H17ClN2/c1-3-23-14(2)19(18-9-4-5-10-20(18)23)12-16(13-22)15-7-6-8-17(21)11-15/h4-12H,3H2,1-2H3/b16-12+. The lowest BCUT2D eigenvalue weighted by Crippen LogP contribution is -1.96. The monoisotopic (exact) mass is 320 g/mol. The second kappa shape index (κ2) is 6.32. The van der Waals surface area contributed by atoms with Crippen LogP contribution in [0.2, 0.25) is 5.02 Å². The smallest absolute Gasteiger partial charge is 0.0998 e. The molecule has 0 aliphatic carbocycles. The summed E-state index contributed by atoms with van der Waals surface area (Å²) in [6.07, 6.45) is 1.97. The third-order valence-corrected chi connectivity index (χ3v) is 4.38. The molecule has 0 saturated carbocycles. The number of nitriles is 1. The fourth-order valence-corrected chi connectivity index (χ4v) is 3.22. The van der Waals surface area contributed by atoms with E-state index in [0.29, 0.717) is 10.6 Å². The molecular weight excluding hydrogens is 304 g/mol. The van der Waals surface area contributed by atoms with Gasteiger partial charge in [0.1, 0.15) is 0 Å². The zero-order valence-electron chi connectivity index (χ0n) is 13.2. The number of aromatic nitrogens is 1. The van der Waals surface area contributed by atoms with Gasteiger partial charge in [-0.3, -0.25) is 0 Å². The first-order chi connectivity index (χ1) is 11.2. The van der Waals surface area contributed by atoms with Crippen LogP contribution >= 0.6 is 11.6 Å². The lowest BCUT2D eigenvalue weighted by molar-refractivity contribution is 0.769. The number of benzene rings is 2. The maximum absolute atomic E-state index is 9.59. The van der Waals surface area contributed by atoms with Crippen molar-refractivity contribution in [2.45, 2.75) is 20.4 Å². The van der Waals surface area contributed by atoms with Crippen LogP contribution in [0, 0.1) is 18.3 Å². The van der Waals surface area contributed by atoms with Gasteiger partial charge in [-0.25, -0.2) is 0 Å². The number of rotatable bonds is 3. The predicted molar refractivity (Wildman–Crippen MR) is 97.3 cm³/mol. The first-order valence-electron chi connectivity index (χ1n) is 7.61. The average molecular weight is 321 g/mol. The van der Waals surface area contributed by atoms with E-state index in [-0.39, 0.29) is 0 Å². The van der Waals surface area contributed by atoms with E-state index in [4.69, 9.17) is 11.6 Å². The molecule has 0 bridgehead atoms. The molecule has 0 spiro atoms. The van der Waals surface area contributed by atoms with Gasteiger partial charge in [0.05, 0.1) is 11.6 Å². The van der Waals surface area contributed by atoms with E-state index >= 15 is 0 Å². The summed E-state index contributed by atoms with van der Waals surface area (Å²) in [5.74, 6) is 0. The molecular formula is C20H17ClN2. The highest BCUT2D eigenvalue weighted by atomic mass is 35.5. The second-order valence-corrected chi connectivity index (χ2v) is 5.88. The molecule has 0 saturated heterocycles. The lowest BCUT2D eigenvalue weighted by Gasteiger charge is -2.04. The van der Waals surface area contributed by atoms with Crippen LogP contribution in [-0.4, -0.2) is 4.57 Å². The summed E-state index contributed by atoms with van der Waals surface area (Å²) in [5.41, 5.74) is 4.92. The molecule has 0 atom stereocenters. The van der Waals surface area contributed by atoms with Gasteiger partial charge in [-0.05, 0) is 43.7 Å². The SMILES string of the molecule is CCn1c(C)c(/C=C(\C#N)c2cccc(Cl)c2)c2ccccc21. The Hall–Kier alpha value is -2.50. The van der Waals surface area contributed by atoms with Gasteiger partial charge in [-0.1, -0.05) is 41.9 Å². The second-order valence-electron chi connectivity index (χ2n) is 5.44. The number of nitrogens with zero attached hydrogens (tertiary/aromatic N) is 2. The summed E-state index contributed by atoms with van der Waals surface area (Å²) in [5, 5.41) is 11.4. The Kier molecular flexibility index (Phi) is 4.23. The van der Waals surface area contributed by atoms with Crippen LogP contribution in [0.3, 0.4) is 0 Å². The number of allylic oxidation sites excluding steroid dienone is 1. The summed E-state index contributed by atoms with van der Waals surface area (Å²) in [6, 6.07) is 18.0. The van der Waals surface area contributed by atoms with Gasteiger partial charge in [0, 0.05) is 33.7 Å². The van der Waals surface area contributed by atoms with Crippen LogP contribution in [-0.2, 0) is 6.54 Å². The van der Waals surface area contributed by atoms with Crippen molar-refractivity contribution < 1.29 is 0 Å². The Labute approximate surface area is 141 Å². The molecule has 0 unspecified atom stereocenters. The number of hydrogen-bond acceptors (Lipinski definition) is 1. The largest absolute Gasteiger partial charge is 0.345 e. The van der Waals surface area contributed by atoms with Crippen LogP contribution in [0.15, 0.2) is 48.5 Å². The molecule has 2 nitrogen and oxygen atoms in total. The molecule has 0 radical (unpaired) electrons. The van der Waals surface area contributed by atoms with Crippen molar-refractivity contribution in [1.82, 2.24) is 4.57 Å². The summed E-state index contributed by atoms with van der Waals surface area (Å²) < 4.78 is 2.27. The van der Waals surface area contributed by atoms with E-state index in [9.17, 15) is 5.26 Å². The third-order valence-electron chi connectivity index (χ3n) is 4.14. The van der Waals surface area contributed by atoms with Crippen LogP contribution in [0.1, 0.15) is 23.7 Å². The van der Waals surface area contributed by atoms with Crippen LogP contribution in [0.5, 0.6) is 0 Å². The fourth-order valence-electron chi connectivity index (χ4n) is 3.03. The topological polar surface area (TPSA) is 28.7 Å². The van der Waals surface area contributed by atoms with E-state index in [1.165, 1.54) is 16.6 Å². The Balaban J connectivity index is 2.24. The minimum atomic E-state index is 0.620. The molecule has 2 aromatic carbocycles. The average Bonchev–Trinajstić information content (AvgIpc) is 2.83. The van der Waals surface area contributed by atoms with Crippen LogP contribution < -0.4 is 0 Å². The maximum Gasteiger partial charge on any atom is 0.0998 e. The quantitative estimate of drug-likeness (QED) is 0.570. The van der Waals surface area contributed by atoms with Crippen LogP contribution in [0.4, 0.5) is 0 Å². The predicted octanol–water partition coefficient (Wildman–Crippen LogP) is 5.69. The van der Waals surface area contributed by atoms with Crippen molar-refractivity contribution in [2.75, 3.05) is 0 Å². The van der Waals surface area contributed by atoms with Gasteiger partial charge in [0.25, 0.3) is 0 Å². The molecule has 1 aromatic heterocycles. The Morgan fingerprint density at radius 3 is 2.70 bits per heavy atom. The normalized spacial score (nSPS) is 11.7. The number of fused-ring (bicyclic) bond motifs is 1. The van der Waals surface area contributed by atoms with Gasteiger partial charge in [0.15, 0.2) is 0 Å². The van der Waals surface area contributed by atoms with Gasteiger partial charge < -0.3 is 4.57 Å². The first-order valence-corrected chi connectivity index (χ1v) is 7.99. The molecule has 23 heavy (non-hydrogen) atoms. The van der Waals surface area contributed by atoms with E-state index in [0.717, 1.165) is 17.7 Å².